The molecule has 1 aliphatic heterocycles. The first-order valence-corrected chi connectivity index (χ1v) is 5.70. The van der Waals surface area contributed by atoms with Gasteiger partial charge in [-0.1, -0.05) is 0 Å². The van der Waals surface area contributed by atoms with Crippen LogP contribution >= 0.6 is 0 Å². The van der Waals surface area contributed by atoms with Crippen molar-refractivity contribution in [1.29, 1.82) is 0 Å². The molecule has 88 valence electrons. The molecule has 1 rings (SSSR count). The third-order valence-electron chi connectivity index (χ3n) is 2.87. The standard InChI is InChI=1S/C11H22N2O2/c1-9(2)12-4-6-13(7-5-12)11(15)8-10(3)14/h9-10,14H,4-8H2,1-3H3. The van der Waals surface area contributed by atoms with Gasteiger partial charge in [-0.15, -0.1) is 0 Å². The summed E-state index contributed by atoms with van der Waals surface area (Å²) >= 11 is 0. The fraction of sp³-hybridized carbons (Fsp3) is 0.909. The van der Waals surface area contributed by atoms with Gasteiger partial charge in [0.15, 0.2) is 0 Å². The lowest BCUT2D eigenvalue weighted by Gasteiger charge is -2.37. The number of aliphatic hydroxyl groups is 1. The smallest absolute Gasteiger partial charge is 0.225 e. The van der Waals surface area contributed by atoms with Crippen LogP contribution in [0.1, 0.15) is 27.2 Å². The SMILES string of the molecule is CC(O)CC(=O)N1CCN(C(C)C)CC1. The van der Waals surface area contributed by atoms with E-state index in [1.807, 2.05) is 4.90 Å². The van der Waals surface area contributed by atoms with E-state index in [4.69, 9.17) is 5.11 Å². The molecule has 0 aromatic heterocycles. The van der Waals surface area contributed by atoms with Crippen molar-refractivity contribution in [1.82, 2.24) is 9.80 Å². The molecule has 1 saturated heterocycles. The molecule has 1 atom stereocenters. The summed E-state index contributed by atoms with van der Waals surface area (Å²) in [7, 11) is 0. The Hall–Kier alpha value is -0.610. The predicted molar refractivity (Wildman–Crippen MR) is 59.6 cm³/mol. The lowest BCUT2D eigenvalue weighted by molar-refractivity contribution is -0.135. The fourth-order valence-corrected chi connectivity index (χ4v) is 1.87. The molecule has 1 unspecified atom stereocenters. The Morgan fingerprint density at radius 3 is 2.13 bits per heavy atom. The van der Waals surface area contributed by atoms with Crippen LogP contribution in [0.25, 0.3) is 0 Å². The summed E-state index contributed by atoms with van der Waals surface area (Å²) in [5.41, 5.74) is 0. The molecule has 0 aromatic rings. The van der Waals surface area contributed by atoms with Gasteiger partial charge in [0.25, 0.3) is 0 Å². The average Bonchev–Trinajstić information content (AvgIpc) is 2.17. The van der Waals surface area contributed by atoms with E-state index in [-0.39, 0.29) is 12.3 Å². The van der Waals surface area contributed by atoms with Gasteiger partial charge in [-0.05, 0) is 20.8 Å². The Balaban J connectivity index is 2.34. The van der Waals surface area contributed by atoms with Gasteiger partial charge in [0.05, 0.1) is 12.5 Å². The molecule has 1 amide bonds. The van der Waals surface area contributed by atoms with Crippen LogP contribution in [0, 0.1) is 0 Å². The number of hydrogen-bond donors (Lipinski definition) is 1. The van der Waals surface area contributed by atoms with E-state index in [1.165, 1.54) is 0 Å². The summed E-state index contributed by atoms with van der Waals surface area (Å²) in [6.07, 6.45) is -0.276. The largest absolute Gasteiger partial charge is 0.393 e. The van der Waals surface area contributed by atoms with Crippen LogP contribution < -0.4 is 0 Å². The number of carbonyl (C=O) groups is 1. The van der Waals surface area contributed by atoms with Crippen molar-refractivity contribution in [2.24, 2.45) is 0 Å². The van der Waals surface area contributed by atoms with E-state index >= 15 is 0 Å². The minimum atomic E-state index is -0.527. The molecule has 1 aliphatic rings. The van der Waals surface area contributed by atoms with Crippen LogP contribution in [0.15, 0.2) is 0 Å². The molecule has 1 fully saturated rings. The first-order chi connectivity index (χ1) is 7.00. The zero-order valence-corrected chi connectivity index (χ0v) is 9.94. The molecular formula is C11H22N2O2. The third-order valence-corrected chi connectivity index (χ3v) is 2.87. The maximum atomic E-state index is 11.6. The van der Waals surface area contributed by atoms with E-state index in [1.54, 1.807) is 6.92 Å². The molecule has 0 spiro atoms. The molecule has 1 heterocycles. The highest BCUT2D eigenvalue weighted by Gasteiger charge is 2.22. The van der Waals surface area contributed by atoms with E-state index in [0.29, 0.717) is 6.04 Å². The van der Waals surface area contributed by atoms with Crippen molar-refractivity contribution in [2.75, 3.05) is 26.2 Å². The van der Waals surface area contributed by atoms with Crippen molar-refractivity contribution in [2.45, 2.75) is 39.3 Å². The van der Waals surface area contributed by atoms with Gasteiger partial charge < -0.3 is 10.0 Å². The molecule has 4 nitrogen and oxygen atoms in total. The number of aliphatic hydroxyl groups excluding tert-OH is 1. The highest BCUT2D eigenvalue weighted by Crippen LogP contribution is 2.07. The lowest BCUT2D eigenvalue weighted by atomic mass is 10.2. The Kier molecular flexibility index (Phi) is 4.54. The first kappa shape index (κ1) is 12.5. The Morgan fingerprint density at radius 2 is 1.73 bits per heavy atom. The average molecular weight is 214 g/mol. The number of piperazine rings is 1. The highest BCUT2D eigenvalue weighted by molar-refractivity contribution is 5.76. The molecule has 0 saturated carbocycles. The Labute approximate surface area is 91.9 Å². The van der Waals surface area contributed by atoms with Gasteiger partial charge in [0, 0.05) is 32.2 Å². The van der Waals surface area contributed by atoms with Crippen molar-refractivity contribution in [3.8, 4) is 0 Å². The molecule has 0 radical (unpaired) electrons. The number of hydrogen-bond acceptors (Lipinski definition) is 3. The quantitative estimate of drug-likeness (QED) is 0.735. The number of nitrogens with zero attached hydrogens (tertiary/aromatic N) is 2. The second kappa shape index (κ2) is 5.47. The summed E-state index contributed by atoms with van der Waals surface area (Å²) in [5, 5.41) is 9.14. The summed E-state index contributed by atoms with van der Waals surface area (Å²) < 4.78 is 0. The first-order valence-electron chi connectivity index (χ1n) is 5.70. The van der Waals surface area contributed by atoms with Crippen molar-refractivity contribution >= 4 is 5.91 Å². The van der Waals surface area contributed by atoms with Gasteiger partial charge >= 0.3 is 0 Å². The summed E-state index contributed by atoms with van der Waals surface area (Å²) in [5.74, 6) is 0.0772. The van der Waals surface area contributed by atoms with E-state index in [2.05, 4.69) is 18.7 Å². The summed E-state index contributed by atoms with van der Waals surface area (Å²) in [6.45, 7) is 9.49. The maximum Gasteiger partial charge on any atom is 0.225 e. The van der Waals surface area contributed by atoms with Crippen molar-refractivity contribution in [3.05, 3.63) is 0 Å². The second-order valence-corrected chi connectivity index (χ2v) is 4.56. The molecule has 4 heteroatoms. The normalized spacial score (nSPS) is 20.7. The van der Waals surface area contributed by atoms with Crippen LogP contribution in [-0.4, -0.2) is 59.1 Å². The van der Waals surface area contributed by atoms with Crippen LogP contribution in [-0.2, 0) is 4.79 Å². The molecule has 1 N–H and O–H groups in total. The molecule has 15 heavy (non-hydrogen) atoms. The fourth-order valence-electron chi connectivity index (χ4n) is 1.87. The number of carbonyl (C=O) groups excluding carboxylic acids is 1. The molecule has 0 aliphatic carbocycles. The summed E-state index contributed by atoms with van der Waals surface area (Å²) in [4.78, 5) is 15.9. The van der Waals surface area contributed by atoms with Crippen LogP contribution in [0.3, 0.4) is 0 Å². The van der Waals surface area contributed by atoms with Gasteiger partial charge in [-0.3, -0.25) is 9.69 Å². The van der Waals surface area contributed by atoms with Crippen molar-refractivity contribution < 1.29 is 9.90 Å². The second-order valence-electron chi connectivity index (χ2n) is 4.56. The minimum Gasteiger partial charge on any atom is -0.393 e. The number of rotatable bonds is 3. The Bertz CT molecular complexity index is 209. The maximum absolute atomic E-state index is 11.6. The van der Waals surface area contributed by atoms with Crippen molar-refractivity contribution in [3.63, 3.8) is 0 Å². The van der Waals surface area contributed by atoms with Gasteiger partial charge in [-0.25, -0.2) is 0 Å². The zero-order valence-electron chi connectivity index (χ0n) is 9.94. The number of amides is 1. The van der Waals surface area contributed by atoms with E-state index in [9.17, 15) is 4.79 Å². The van der Waals surface area contributed by atoms with Gasteiger partial charge in [0.1, 0.15) is 0 Å². The highest BCUT2D eigenvalue weighted by atomic mass is 16.3. The molecular weight excluding hydrogens is 192 g/mol. The van der Waals surface area contributed by atoms with Crippen LogP contribution in [0.4, 0.5) is 0 Å². The van der Waals surface area contributed by atoms with E-state index < -0.39 is 6.10 Å². The lowest BCUT2D eigenvalue weighted by Crippen LogP contribution is -2.51. The zero-order chi connectivity index (χ0) is 11.4. The Morgan fingerprint density at radius 1 is 1.20 bits per heavy atom. The van der Waals surface area contributed by atoms with Gasteiger partial charge in [0.2, 0.25) is 5.91 Å². The summed E-state index contributed by atoms with van der Waals surface area (Å²) in [6, 6.07) is 0.555. The molecule has 0 aromatic carbocycles. The van der Waals surface area contributed by atoms with Crippen LogP contribution in [0.5, 0.6) is 0 Å². The van der Waals surface area contributed by atoms with Crippen LogP contribution in [0.2, 0.25) is 0 Å². The minimum absolute atomic E-state index is 0.0772. The monoisotopic (exact) mass is 214 g/mol. The topological polar surface area (TPSA) is 43.8 Å². The van der Waals surface area contributed by atoms with Gasteiger partial charge in [-0.2, -0.15) is 0 Å². The predicted octanol–water partition coefficient (Wildman–Crippen LogP) is 0.310. The molecule has 0 bridgehead atoms. The van der Waals surface area contributed by atoms with E-state index in [0.717, 1.165) is 26.2 Å². The third kappa shape index (κ3) is 3.80.